The summed E-state index contributed by atoms with van der Waals surface area (Å²) >= 11 is 0. The Morgan fingerprint density at radius 3 is 2.71 bits per heavy atom. The lowest BCUT2D eigenvalue weighted by atomic mass is 10.1. The van der Waals surface area contributed by atoms with Gasteiger partial charge in [-0.3, -0.25) is 9.89 Å². The monoisotopic (exact) mass is 375 g/mol. The zero-order chi connectivity index (χ0) is 19.3. The highest BCUT2D eigenvalue weighted by Crippen LogP contribution is 2.18. The third-order valence-electron chi connectivity index (χ3n) is 4.44. The molecule has 4 aromatic rings. The van der Waals surface area contributed by atoms with Crippen molar-refractivity contribution in [1.29, 1.82) is 0 Å². The van der Waals surface area contributed by atoms with Gasteiger partial charge in [-0.15, -0.1) is 0 Å². The van der Waals surface area contributed by atoms with Gasteiger partial charge in [-0.25, -0.2) is 9.97 Å². The van der Waals surface area contributed by atoms with Crippen LogP contribution in [0.4, 0.5) is 0 Å². The standard InChI is InChI=1S/C21H21N5O2/c1-14-23-19(26-25-14)11-12-22-21(27)16-8-9-18-17(13-16)24-20(28-18)10-7-15-5-3-2-4-6-15/h2-6,8-9,13H,7,10-12H2,1H3,(H,22,27)(H,23,25,26). The molecule has 4 rings (SSSR count). The molecule has 0 saturated heterocycles. The van der Waals surface area contributed by atoms with Gasteiger partial charge in [0, 0.05) is 24.9 Å². The number of carbonyl (C=O) groups excluding carboxylic acids is 1. The Balaban J connectivity index is 1.37. The van der Waals surface area contributed by atoms with Crippen molar-refractivity contribution in [2.45, 2.75) is 26.2 Å². The molecule has 0 atom stereocenters. The first-order valence-electron chi connectivity index (χ1n) is 9.27. The average molecular weight is 375 g/mol. The van der Waals surface area contributed by atoms with Crippen LogP contribution in [0.2, 0.25) is 0 Å². The highest BCUT2D eigenvalue weighted by atomic mass is 16.3. The lowest BCUT2D eigenvalue weighted by molar-refractivity contribution is 0.0954. The summed E-state index contributed by atoms with van der Waals surface area (Å²) in [5.41, 5.74) is 3.18. The van der Waals surface area contributed by atoms with Gasteiger partial charge in [0.2, 0.25) is 0 Å². The Kier molecular flexibility index (Phi) is 5.14. The first-order valence-corrected chi connectivity index (χ1v) is 9.27. The second-order valence-electron chi connectivity index (χ2n) is 6.62. The summed E-state index contributed by atoms with van der Waals surface area (Å²) in [5, 5.41) is 9.73. The minimum Gasteiger partial charge on any atom is -0.441 e. The van der Waals surface area contributed by atoms with Crippen LogP contribution in [-0.4, -0.2) is 32.6 Å². The van der Waals surface area contributed by atoms with Gasteiger partial charge in [0.05, 0.1) is 0 Å². The zero-order valence-corrected chi connectivity index (χ0v) is 15.6. The smallest absolute Gasteiger partial charge is 0.251 e. The maximum Gasteiger partial charge on any atom is 0.251 e. The molecule has 2 N–H and O–H groups in total. The lowest BCUT2D eigenvalue weighted by Crippen LogP contribution is -2.25. The van der Waals surface area contributed by atoms with Gasteiger partial charge >= 0.3 is 0 Å². The van der Waals surface area contributed by atoms with Crippen molar-refractivity contribution in [2.24, 2.45) is 0 Å². The number of aromatic nitrogens is 4. The Bertz CT molecular complexity index is 1080. The fourth-order valence-corrected chi connectivity index (χ4v) is 3.01. The Morgan fingerprint density at radius 1 is 1.07 bits per heavy atom. The summed E-state index contributed by atoms with van der Waals surface area (Å²) in [6.45, 7) is 2.31. The van der Waals surface area contributed by atoms with Crippen molar-refractivity contribution in [3.63, 3.8) is 0 Å². The number of nitrogens with zero attached hydrogens (tertiary/aromatic N) is 3. The molecule has 0 aliphatic heterocycles. The number of nitrogens with one attached hydrogen (secondary N) is 2. The number of carbonyl (C=O) groups is 1. The van der Waals surface area contributed by atoms with Crippen LogP contribution in [0.15, 0.2) is 52.9 Å². The molecule has 7 heteroatoms. The molecule has 0 fully saturated rings. The molecule has 2 heterocycles. The number of hydrogen-bond acceptors (Lipinski definition) is 5. The van der Waals surface area contributed by atoms with Gasteiger partial charge in [0.25, 0.3) is 5.91 Å². The third-order valence-corrected chi connectivity index (χ3v) is 4.44. The van der Waals surface area contributed by atoms with Crippen LogP contribution in [0.5, 0.6) is 0 Å². The molecular weight excluding hydrogens is 354 g/mol. The number of oxazole rings is 1. The molecule has 0 radical (unpaired) electrons. The summed E-state index contributed by atoms with van der Waals surface area (Å²) in [4.78, 5) is 21.1. The predicted molar refractivity (Wildman–Crippen MR) is 105 cm³/mol. The van der Waals surface area contributed by atoms with Gasteiger partial charge in [-0.2, -0.15) is 5.10 Å². The van der Waals surface area contributed by atoms with E-state index >= 15 is 0 Å². The summed E-state index contributed by atoms with van der Waals surface area (Å²) in [6, 6.07) is 15.5. The first kappa shape index (κ1) is 17.9. The summed E-state index contributed by atoms with van der Waals surface area (Å²) in [7, 11) is 0. The van der Waals surface area contributed by atoms with Crippen LogP contribution in [0.1, 0.15) is 33.5 Å². The number of amides is 1. The van der Waals surface area contributed by atoms with Gasteiger partial charge in [0.15, 0.2) is 17.3 Å². The maximum atomic E-state index is 12.4. The Morgan fingerprint density at radius 2 is 1.93 bits per heavy atom. The fourth-order valence-electron chi connectivity index (χ4n) is 3.01. The highest BCUT2D eigenvalue weighted by molar-refractivity contribution is 5.97. The molecule has 1 amide bonds. The molecule has 0 spiro atoms. The Hall–Kier alpha value is -3.48. The molecule has 7 nitrogen and oxygen atoms in total. The van der Waals surface area contributed by atoms with Gasteiger partial charge in [0.1, 0.15) is 11.3 Å². The van der Waals surface area contributed by atoms with Crippen molar-refractivity contribution in [3.05, 3.63) is 77.2 Å². The molecule has 142 valence electrons. The van der Waals surface area contributed by atoms with Gasteiger partial charge < -0.3 is 9.73 Å². The number of fused-ring (bicyclic) bond motifs is 1. The van der Waals surface area contributed by atoms with Crippen molar-refractivity contribution in [2.75, 3.05) is 6.54 Å². The topological polar surface area (TPSA) is 96.7 Å². The number of benzene rings is 2. The van der Waals surface area contributed by atoms with Crippen LogP contribution in [0.25, 0.3) is 11.1 Å². The minimum atomic E-state index is -0.150. The quantitative estimate of drug-likeness (QED) is 0.518. The van der Waals surface area contributed by atoms with E-state index < -0.39 is 0 Å². The van der Waals surface area contributed by atoms with E-state index in [2.05, 4.69) is 37.6 Å². The second-order valence-corrected chi connectivity index (χ2v) is 6.62. The predicted octanol–water partition coefficient (Wildman–Crippen LogP) is 3.01. The first-order chi connectivity index (χ1) is 13.7. The van der Waals surface area contributed by atoms with E-state index in [0.29, 0.717) is 41.3 Å². The van der Waals surface area contributed by atoms with Crippen LogP contribution < -0.4 is 5.32 Å². The zero-order valence-electron chi connectivity index (χ0n) is 15.6. The molecule has 0 bridgehead atoms. The van der Waals surface area contributed by atoms with Crippen LogP contribution in [-0.2, 0) is 19.3 Å². The third kappa shape index (κ3) is 4.25. The molecule has 0 aliphatic carbocycles. The van der Waals surface area contributed by atoms with E-state index in [1.165, 1.54) is 5.56 Å². The number of H-pyrrole nitrogens is 1. The van der Waals surface area contributed by atoms with E-state index in [1.54, 1.807) is 18.2 Å². The fraction of sp³-hybridized carbons (Fsp3) is 0.238. The van der Waals surface area contributed by atoms with E-state index in [0.717, 1.165) is 18.7 Å². The number of hydrogen-bond donors (Lipinski definition) is 2. The molecule has 2 aromatic carbocycles. The SMILES string of the molecule is Cc1nc(CCNC(=O)c2ccc3oc(CCc4ccccc4)nc3c2)n[nH]1. The number of aromatic amines is 1. The second kappa shape index (κ2) is 8.04. The minimum absolute atomic E-state index is 0.150. The van der Waals surface area contributed by atoms with Crippen molar-refractivity contribution in [3.8, 4) is 0 Å². The molecule has 0 saturated carbocycles. The average Bonchev–Trinajstić information content (AvgIpc) is 3.32. The van der Waals surface area contributed by atoms with Gasteiger partial charge in [-0.05, 0) is 37.1 Å². The summed E-state index contributed by atoms with van der Waals surface area (Å²) in [6.07, 6.45) is 2.16. The van der Waals surface area contributed by atoms with E-state index in [4.69, 9.17) is 4.42 Å². The number of aryl methyl sites for hydroxylation is 3. The van der Waals surface area contributed by atoms with E-state index in [-0.39, 0.29) is 5.91 Å². The lowest BCUT2D eigenvalue weighted by Gasteiger charge is -2.03. The van der Waals surface area contributed by atoms with Crippen LogP contribution in [0, 0.1) is 6.92 Å². The highest BCUT2D eigenvalue weighted by Gasteiger charge is 2.11. The maximum absolute atomic E-state index is 12.4. The van der Waals surface area contributed by atoms with Crippen molar-refractivity contribution >= 4 is 17.0 Å². The van der Waals surface area contributed by atoms with Crippen LogP contribution in [0.3, 0.4) is 0 Å². The van der Waals surface area contributed by atoms with Crippen molar-refractivity contribution < 1.29 is 9.21 Å². The normalized spacial score (nSPS) is 11.0. The molecule has 28 heavy (non-hydrogen) atoms. The molecule has 0 unspecified atom stereocenters. The number of rotatable bonds is 7. The van der Waals surface area contributed by atoms with Gasteiger partial charge in [-0.1, -0.05) is 30.3 Å². The van der Waals surface area contributed by atoms with Crippen LogP contribution >= 0.6 is 0 Å². The Labute approximate surface area is 162 Å². The van der Waals surface area contributed by atoms with E-state index in [9.17, 15) is 4.79 Å². The summed E-state index contributed by atoms with van der Waals surface area (Å²) in [5.74, 6) is 1.98. The molecule has 0 aliphatic rings. The van der Waals surface area contributed by atoms with Crippen molar-refractivity contribution in [1.82, 2.24) is 25.5 Å². The summed E-state index contributed by atoms with van der Waals surface area (Å²) < 4.78 is 5.80. The largest absolute Gasteiger partial charge is 0.441 e. The van der Waals surface area contributed by atoms with E-state index in [1.807, 2.05) is 25.1 Å². The molecule has 2 aromatic heterocycles. The molecular formula is C21H21N5O2.